The first kappa shape index (κ1) is 7.85. The maximum Gasteiger partial charge on any atom is 0.149 e. The summed E-state index contributed by atoms with van der Waals surface area (Å²) in [6.07, 6.45) is 0. The molecule has 3 N–H and O–H groups in total. The van der Waals surface area contributed by atoms with E-state index >= 15 is 0 Å². The lowest BCUT2D eigenvalue weighted by molar-refractivity contribution is 1.15. The Hall–Kier alpha value is -1.25. The molecule has 0 aromatic carbocycles. The van der Waals surface area contributed by atoms with Gasteiger partial charge in [0.25, 0.3) is 0 Å². The first-order valence-electron chi connectivity index (χ1n) is 3.56. The Bertz CT molecular complexity index is 268. The van der Waals surface area contributed by atoms with Crippen LogP contribution in [0.2, 0.25) is 0 Å². The normalized spacial score (nSPS) is 9.73. The van der Waals surface area contributed by atoms with Crippen LogP contribution in [0.25, 0.3) is 0 Å². The van der Waals surface area contributed by atoms with Crippen molar-refractivity contribution in [2.24, 2.45) is 0 Å². The number of hydrogen-bond donors (Lipinski definition) is 2. The van der Waals surface area contributed by atoms with E-state index in [0.717, 1.165) is 17.1 Å². The van der Waals surface area contributed by atoms with Crippen LogP contribution >= 0.6 is 0 Å². The van der Waals surface area contributed by atoms with E-state index in [1.807, 2.05) is 27.0 Å². The van der Waals surface area contributed by atoms with Gasteiger partial charge in [0.2, 0.25) is 0 Å². The van der Waals surface area contributed by atoms with Gasteiger partial charge < -0.3 is 11.1 Å². The zero-order valence-electron chi connectivity index (χ0n) is 7.10. The summed E-state index contributed by atoms with van der Waals surface area (Å²) < 4.78 is 0. The lowest BCUT2D eigenvalue weighted by Gasteiger charge is -2.06. The summed E-state index contributed by atoms with van der Waals surface area (Å²) in [5.74, 6) is 0.758. The topological polar surface area (TPSA) is 50.9 Å². The molecule has 0 radical (unpaired) electrons. The summed E-state index contributed by atoms with van der Waals surface area (Å²) in [7, 11) is 1.81. The van der Waals surface area contributed by atoms with Gasteiger partial charge in [-0.05, 0) is 25.5 Å². The van der Waals surface area contributed by atoms with Gasteiger partial charge >= 0.3 is 0 Å². The van der Waals surface area contributed by atoms with Gasteiger partial charge in [0, 0.05) is 12.7 Å². The second kappa shape index (κ2) is 2.78. The number of nitrogens with two attached hydrogens (primary N) is 1. The molecule has 1 aromatic rings. The molecule has 0 saturated heterocycles. The quantitative estimate of drug-likeness (QED) is 0.636. The summed E-state index contributed by atoms with van der Waals surface area (Å²) in [5.41, 5.74) is 8.52. The van der Waals surface area contributed by atoms with Crippen LogP contribution in [0.3, 0.4) is 0 Å². The molecule has 0 aliphatic rings. The molecule has 3 nitrogen and oxygen atoms in total. The molecule has 0 aliphatic carbocycles. The maximum absolute atomic E-state index is 5.68. The summed E-state index contributed by atoms with van der Waals surface area (Å²) in [6.45, 7) is 3.97. The number of nitrogen functional groups attached to an aromatic ring is 1. The highest BCUT2D eigenvalue weighted by Gasteiger charge is 2.00. The minimum absolute atomic E-state index is 0.704. The number of anilines is 2. The molecular formula is C8H13N3. The fourth-order valence-electron chi connectivity index (χ4n) is 0.927. The lowest BCUT2D eigenvalue weighted by atomic mass is 10.2. The second-order valence-electron chi connectivity index (χ2n) is 2.58. The molecule has 0 atom stereocenters. The highest BCUT2D eigenvalue weighted by molar-refractivity contribution is 5.62. The van der Waals surface area contributed by atoms with E-state index in [1.54, 1.807) is 0 Å². The Balaban J connectivity index is 3.21. The van der Waals surface area contributed by atoms with E-state index in [0.29, 0.717) is 5.69 Å². The van der Waals surface area contributed by atoms with Crippen molar-refractivity contribution in [2.75, 3.05) is 18.1 Å². The van der Waals surface area contributed by atoms with Crippen LogP contribution in [0.15, 0.2) is 6.07 Å². The SMILES string of the molecule is CNc1nc(C)c(C)cc1N. The number of aryl methyl sites for hydroxylation is 2. The average molecular weight is 151 g/mol. The number of pyridine rings is 1. The van der Waals surface area contributed by atoms with E-state index in [-0.39, 0.29) is 0 Å². The Morgan fingerprint density at radius 2 is 2.09 bits per heavy atom. The molecule has 0 amide bonds. The van der Waals surface area contributed by atoms with Crippen molar-refractivity contribution in [1.82, 2.24) is 4.98 Å². The van der Waals surface area contributed by atoms with Gasteiger partial charge in [0.05, 0.1) is 5.69 Å². The third kappa shape index (κ3) is 1.42. The number of aromatic nitrogens is 1. The second-order valence-corrected chi connectivity index (χ2v) is 2.58. The number of nitrogens with zero attached hydrogens (tertiary/aromatic N) is 1. The number of rotatable bonds is 1. The molecule has 0 fully saturated rings. The third-order valence-corrected chi connectivity index (χ3v) is 1.73. The van der Waals surface area contributed by atoms with Crippen LogP contribution < -0.4 is 11.1 Å². The molecular weight excluding hydrogens is 138 g/mol. The van der Waals surface area contributed by atoms with Crippen molar-refractivity contribution in [3.05, 3.63) is 17.3 Å². The maximum atomic E-state index is 5.68. The average Bonchev–Trinajstić information content (AvgIpc) is 1.97. The van der Waals surface area contributed by atoms with E-state index in [4.69, 9.17) is 5.73 Å². The predicted molar refractivity (Wildman–Crippen MR) is 47.7 cm³/mol. The minimum Gasteiger partial charge on any atom is -0.396 e. The van der Waals surface area contributed by atoms with Crippen LogP contribution in [-0.4, -0.2) is 12.0 Å². The highest BCUT2D eigenvalue weighted by Crippen LogP contribution is 2.17. The van der Waals surface area contributed by atoms with Gasteiger partial charge in [-0.15, -0.1) is 0 Å². The molecule has 0 aliphatic heterocycles. The Morgan fingerprint density at radius 3 is 2.64 bits per heavy atom. The summed E-state index contributed by atoms with van der Waals surface area (Å²) >= 11 is 0. The molecule has 11 heavy (non-hydrogen) atoms. The molecule has 1 aromatic heterocycles. The van der Waals surface area contributed by atoms with Crippen LogP contribution in [0.1, 0.15) is 11.3 Å². The van der Waals surface area contributed by atoms with Crippen molar-refractivity contribution < 1.29 is 0 Å². The highest BCUT2D eigenvalue weighted by atomic mass is 15.0. The molecule has 0 saturated carbocycles. The first-order valence-corrected chi connectivity index (χ1v) is 3.56. The van der Waals surface area contributed by atoms with Crippen molar-refractivity contribution in [2.45, 2.75) is 13.8 Å². The standard InChI is InChI=1S/C8H13N3/c1-5-4-7(9)8(10-3)11-6(5)2/h4H,9H2,1-3H3,(H,10,11). The smallest absolute Gasteiger partial charge is 0.149 e. The zero-order valence-corrected chi connectivity index (χ0v) is 7.10. The van der Waals surface area contributed by atoms with Gasteiger partial charge in [-0.1, -0.05) is 0 Å². The van der Waals surface area contributed by atoms with Gasteiger partial charge in [-0.3, -0.25) is 0 Å². The largest absolute Gasteiger partial charge is 0.396 e. The van der Waals surface area contributed by atoms with Crippen molar-refractivity contribution in [3.63, 3.8) is 0 Å². The lowest BCUT2D eigenvalue weighted by Crippen LogP contribution is -2.01. The fraction of sp³-hybridized carbons (Fsp3) is 0.375. The van der Waals surface area contributed by atoms with E-state index in [9.17, 15) is 0 Å². The molecule has 1 rings (SSSR count). The predicted octanol–water partition coefficient (Wildman–Crippen LogP) is 1.32. The monoisotopic (exact) mass is 151 g/mol. The van der Waals surface area contributed by atoms with Crippen LogP contribution in [0.5, 0.6) is 0 Å². The summed E-state index contributed by atoms with van der Waals surface area (Å²) in [5, 5.41) is 2.93. The molecule has 1 heterocycles. The zero-order chi connectivity index (χ0) is 8.43. The molecule has 60 valence electrons. The molecule has 3 heteroatoms. The van der Waals surface area contributed by atoms with Crippen LogP contribution in [-0.2, 0) is 0 Å². The number of nitrogens with one attached hydrogen (secondary N) is 1. The summed E-state index contributed by atoms with van der Waals surface area (Å²) in [4.78, 5) is 4.25. The molecule has 0 spiro atoms. The van der Waals surface area contributed by atoms with Crippen molar-refractivity contribution in [1.29, 1.82) is 0 Å². The van der Waals surface area contributed by atoms with Crippen molar-refractivity contribution in [3.8, 4) is 0 Å². The first-order chi connectivity index (χ1) is 5.15. The molecule has 0 bridgehead atoms. The van der Waals surface area contributed by atoms with Gasteiger partial charge in [0.1, 0.15) is 5.82 Å². The third-order valence-electron chi connectivity index (χ3n) is 1.73. The summed E-state index contributed by atoms with van der Waals surface area (Å²) in [6, 6.07) is 1.92. The number of hydrogen-bond acceptors (Lipinski definition) is 3. The van der Waals surface area contributed by atoms with Crippen LogP contribution in [0, 0.1) is 13.8 Å². The Labute approximate surface area is 66.6 Å². The fourth-order valence-corrected chi connectivity index (χ4v) is 0.927. The van der Waals surface area contributed by atoms with E-state index < -0.39 is 0 Å². The van der Waals surface area contributed by atoms with Gasteiger partial charge in [-0.2, -0.15) is 0 Å². The Kier molecular flexibility index (Phi) is 1.98. The van der Waals surface area contributed by atoms with Gasteiger partial charge in [-0.25, -0.2) is 4.98 Å². The van der Waals surface area contributed by atoms with E-state index in [1.165, 1.54) is 0 Å². The van der Waals surface area contributed by atoms with Gasteiger partial charge in [0.15, 0.2) is 0 Å². The molecule has 0 unspecified atom stereocenters. The van der Waals surface area contributed by atoms with E-state index in [2.05, 4.69) is 10.3 Å². The minimum atomic E-state index is 0.704. The van der Waals surface area contributed by atoms with Crippen molar-refractivity contribution >= 4 is 11.5 Å². The van der Waals surface area contributed by atoms with Crippen LogP contribution in [0.4, 0.5) is 11.5 Å². The Morgan fingerprint density at radius 1 is 1.45 bits per heavy atom.